The molecule has 96 valence electrons. The molecule has 0 radical (unpaired) electrons. The molecule has 1 aromatic rings. The second-order valence-corrected chi connectivity index (χ2v) is 4.21. The van der Waals surface area contributed by atoms with Crippen molar-refractivity contribution in [3.05, 3.63) is 29.3 Å². The number of rotatable bonds is 4. The van der Waals surface area contributed by atoms with Crippen LogP contribution in [0.3, 0.4) is 0 Å². The monoisotopic (exact) mass is 244 g/mol. The number of hydrogen-bond acceptors (Lipinski definition) is 2. The van der Waals surface area contributed by atoms with Crippen molar-refractivity contribution in [3.8, 4) is 11.8 Å². The molecule has 1 amide bonds. The lowest BCUT2D eigenvalue weighted by Gasteiger charge is -2.08. The van der Waals surface area contributed by atoms with Crippen LogP contribution in [0.1, 0.15) is 37.3 Å². The maximum atomic E-state index is 11.7. The van der Waals surface area contributed by atoms with Gasteiger partial charge in [0.05, 0.1) is 12.2 Å². The van der Waals surface area contributed by atoms with Gasteiger partial charge in [-0.1, -0.05) is 31.3 Å². The summed E-state index contributed by atoms with van der Waals surface area (Å²) in [5.74, 6) is 5.82. The van der Waals surface area contributed by atoms with Gasteiger partial charge in [0, 0.05) is 12.0 Å². The van der Waals surface area contributed by atoms with Gasteiger partial charge in [-0.15, -0.1) is 0 Å². The predicted octanol–water partition coefficient (Wildman–Crippen LogP) is 2.43. The number of carbonyl (C=O) groups excluding carboxylic acids is 1. The number of aryl methyl sites for hydroxylation is 1. The summed E-state index contributed by atoms with van der Waals surface area (Å²) >= 11 is 0. The normalized spacial score (nSPS) is 9.50. The highest BCUT2D eigenvalue weighted by molar-refractivity contribution is 5.92. The Morgan fingerprint density at radius 2 is 2.22 bits per heavy atom. The van der Waals surface area contributed by atoms with E-state index in [1.54, 1.807) is 0 Å². The summed E-state index contributed by atoms with van der Waals surface area (Å²) in [5.41, 5.74) is 8.05. The standard InChI is InChI=1S/C15H20N2O/c1-3-4-7-15(18)17-14-11-12(2)8-9-13(14)6-5-10-16/h8-9,11H,3-4,7,10,16H2,1-2H3,(H,17,18). The second-order valence-electron chi connectivity index (χ2n) is 4.21. The number of nitrogens with two attached hydrogens (primary N) is 1. The fourth-order valence-electron chi connectivity index (χ4n) is 1.57. The first-order valence-electron chi connectivity index (χ1n) is 6.26. The van der Waals surface area contributed by atoms with Gasteiger partial charge in [-0.05, 0) is 31.0 Å². The molecule has 3 N–H and O–H groups in total. The first-order chi connectivity index (χ1) is 8.67. The van der Waals surface area contributed by atoms with Gasteiger partial charge in [0.25, 0.3) is 0 Å². The van der Waals surface area contributed by atoms with E-state index < -0.39 is 0 Å². The third-order valence-electron chi connectivity index (χ3n) is 2.53. The zero-order valence-corrected chi connectivity index (χ0v) is 11.0. The minimum atomic E-state index is 0.0400. The number of carbonyl (C=O) groups is 1. The van der Waals surface area contributed by atoms with Crippen LogP contribution in [-0.4, -0.2) is 12.5 Å². The van der Waals surface area contributed by atoms with Crippen LogP contribution in [0.4, 0.5) is 5.69 Å². The molecule has 3 heteroatoms. The number of benzene rings is 1. The zero-order valence-electron chi connectivity index (χ0n) is 11.0. The van der Waals surface area contributed by atoms with Crippen molar-refractivity contribution in [2.45, 2.75) is 33.1 Å². The number of amides is 1. The van der Waals surface area contributed by atoms with Crippen molar-refractivity contribution < 1.29 is 4.79 Å². The van der Waals surface area contributed by atoms with Crippen molar-refractivity contribution in [1.82, 2.24) is 0 Å². The maximum absolute atomic E-state index is 11.7. The molecule has 0 aliphatic rings. The minimum Gasteiger partial charge on any atom is -0.325 e. The molecule has 0 aromatic heterocycles. The molecular weight excluding hydrogens is 224 g/mol. The Kier molecular flexibility index (Phi) is 5.96. The smallest absolute Gasteiger partial charge is 0.224 e. The molecule has 0 saturated carbocycles. The summed E-state index contributed by atoms with van der Waals surface area (Å²) in [7, 11) is 0. The van der Waals surface area contributed by atoms with E-state index in [1.165, 1.54) is 0 Å². The van der Waals surface area contributed by atoms with Crippen molar-refractivity contribution in [3.63, 3.8) is 0 Å². The Morgan fingerprint density at radius 1 is 1.44 bits per heavy atom. The Bertz CT molecular complexity index is 469. The molecular formula is C15H20N2O. The molecule has 0 atom stereocenters. The van der Waals surface area contributed by atoms with Crippen LogP contribution in [0, 0.1) is 18.8 Å². The summed E-state index contributed by atoms with van der Waals surface area (Å²) in [6.45, 7) is 4.37. The Labute approximate surface area is 109 Å². The topological polar surface area (TPSA) is 55.1 Å². The van der Waals surface area contributed by atoms with Crippen molar-refractivity contribution >= 4 is 11.6 Å². The maximum Gasteiger partial charge on any atom is 0.224 e. The third kappa shape index (κ3) is 4.60. The second kappa shape index (κ2) is 7.52. The summed E-state index contributed by atoms with van der Waals surface area (Å²) in [5, 5.41) is 2.91. The van der Waals surface area contributed by atoms with Gasteiger partial charge in [0.15, 0.2) is 0 Å². The van der Waals surface area contributed by atoms with Gasteiger partial charge in [0.2, 0.25) is 5.91 Å². The van der Waals surface area contributed by atoms with Gasteiger partial charge in [-0.2, -0.15) is 0 Å². The van der Waals surface area contributed by atoms with Crippen LogP contribution in [-0.2, 0) is 4.79 Å². The quantitative estimate of drug-likeness (QED) is 0.799. The Morgan fingerprint density at radius 3 is 2.89 bits per heavy atom. The average molecular weight is 244 g/mol. The highest BCUT2D eigenvalue weighted by Crippen LogP contribution is 2.17. The number of anilines is 1. The van der Waals surface area contributed by atoms with E-state index in [-0.39, 0.29) is 5.91 Å². The van der Waals surface area contributed by atoms with Gasteiger partial charge >= 0.3 is 0 Å². The van der Waals surface area contributed by atoms with Crippen molar-refractivity contribution in [2.24, 2.45) is 5.73 Å². The first kappa shape index (κ1) is 14.3. The first-order valence-corrected chi connectivity index (χ1v) is 6.26. The van der Waals surface area contributed by atoms with Gasteiger partial charge in [-0.25, -0.2) is 0 Å². The molecule has 3 nitrogen and oxygen atoms in total. The fourth-order valence-corrected chi connectivity index (χ4v) is 1.57. The van der Waals surface area contributed by atoms with Crippen molar-refractivity contribution in [1.29, 1.82) is 0 Å². The highest BCUT2D eigenvalue weighted by atomic mass is 16.1. The fraction of sp³-hybridized carbons (Fsp3) is 0.400. The van der Waals surface area contributed by atoms with Gasteiger partial charge in [0.1, 0.15) is 0 Å². The van der Waals surface area contributed by atoms with E-state index in [4.69, 9.17) is 5.73 Å². The van der Waals surface area contributed by atoms with E-state index in [0.717, 1.165) is 29.7 Å². The Balaban J connectivity index is 2.85. The molecule has 0 fully saturated rings. The highest BCUT2D eigenvalue weighted by Gasteiger charge is 2.05. The van der Waals surface area contributed by atoms with E-state index in [2.05, 4.69) is 24.1 Å². The molecule has 0 unspecified atom stereocenters. The largest absolute Gasteiger partial charge is 0.325 e. The van der Waals surface area contributed by atoms with E-state index in [9.17, 15) is 4.79 Å². The third-order valence-corrected chi connectivity index (χ3v) is 2.53. The van der Waals surface area contributed by atoms with Gasteiger partial charge < -0.3 is 11.1 Å². The lowest BCUT2D eigenvalue weighted by atomic mass is 10.1. The Hall–Kier alpha value is -1.79. The van der Waals surface area contributed by atoms with Crippen LogP contribution in [0.25, 0.3) is 0 Å². The SMILES string of the molecule is CCCCC(=O)Nc1cc(C)ccc1C#CCN. The predicted molar refractivity (Wildman–Crippen MR) is 75.3 cm³/mol. The van der Waals surface area contributed by atoms with Crippen LogP contribution >= 0.6 is 0 Å². The van der Waals surface area contributed by atoms with E-state index in [1.807, 2.05) is 25.1 Å². The summed E-state index contributed by atoms with van der Waals surface area (Å²) in [6.07, 6.45) is 2.47. The van der Waals surface area contributed by atoms with Crippen LogP contribution < -0.4 is 11.1 Å². The average Bonchev–Trinajstić information content (AvgIpc) is 2.35. The van der Waals surface area contributed by atoms with E-state index >= 15 is 0 Å². The van der Waals surface area contributed by atoms with Crippen LogP contribution in [0.2, 0.25) is 0 Å². The molecule has 0 bridgehead atoms. The molecule has 1 rings (SSSR count). The molecule has 0 spiro atoms. The molecule has 0 aliphatic carbocycles. The lowest BCUT2D eigenvalue weighted by Crippen LogP contribution is -2.12. The molecule has 18 heavy (non-hydrogen) atoms. The molecule has 0 saturated heterocycles. The molecule has 1 aromatic carbocycles. The summed E-state index contributed by atoms with van der Waals surface area (Å²) < 4.78 is 0. The van der Waals surface area contributed by atoms with Crippen molar-refractivity contribution in [2.75, 3.05) is 11.9 Å². The van der Waals surface area contributed by atoms with Gasteiger partial charge in [-0.3, -0.25) is 4.79 Å². The minimum absolute atomic E-state index is 0.0400. The number of hydrogen-bond donors (Lipinski definition) is 2. The molecule has 0 heterocycles. The van der Waals surface area contributed by atoms with Crippen LogP contribution in [0.15, 0.2) is 18.2 Å². The zero-order chi connectivity index (χ0) is 13.4. The van der Waals surface area contributed by atoms with Crippen LogP contribution in [0.5, 0.6) is 0 Å². The number of nitrogens with one attached hydrogen (secondary N) is 1. The summed E-state index contributed by atoms with van der Waals surface area (Å²) in [6, 6.07) is 5.82. The number of unbranched alkanes of at least 4 members (excludes halogenated alkanes) is 1. The molecule has 0 aliphatic heterocycles. The van der Waals surface area contributed by atoms with E-state index in [0.29, 0.717) is 13.0 Å². The lowest BCUT2D eigenvalue weighted by molar-refractivity contribution is -0.116. The summed E-state index contributed by atoms with van der Waals surface area (Å²) in [4.78, 5) is 11.7.